The number of benzene rings is 3. The Hall–Kier alpha value is -4.43. The molecule has 38 heavy (non-hydrogen) atoms. The molecule has 0 saturated carbocycles. The normalized spacial score (nSPS) is 16.2. The third-order valence-electron chi connectivity index (χ3n) is 6.85. The first-order valence-electron chi connectivity index (χ1n) is 12.2. The number of carboxylic acid groups (broad SMARTS) is 1. The predicted octanol–water partition coefficient (Wildman–Crippen LogP) is 3.79. The molecule has 1 N–H and O–H groups in total. The fourth-order valence-electron chi connectivity index (χ4n) is 5.15. The first-order valence-corrected chi connectivity index (χ1v) is 13.1. The number of allylic oxidation sites excluding steroid dienone is 1. The molecule has 0 radical (unpaired) electrons. The number of hydrogen-bond acceptors (Lipinski definition) is 6. The smallest absolute Gasteiger partial charge is 0.341 e. The maximum Gasteiger partial charge on any atom is 0.341 e. The van der Waals surface area contributed by atoms with Crippen molar-refractivity contribution in [2.24, 2.45) is 4.99 Å². The Morgan fingerprint density at radius 3 is 2.63 bits per heavy atom. The number of carbonyl (C=O) groups is 1. The Bertz CT molecular complexity index is 1770. The van der Waals surface area contributed by atoms with Gasteiger partial charge in [-0.05, 0) is 53.8 Å². The molecule has 8 heteroatoms. The summed E-state index contributed by atoms with van der Waals surface area (Å²) >= 11 is 1.36. The monoisotopic (exact) mass is 524 g/mol. The van der Waals surface area contributed by atoms with Gasteiger partial charge in [0.05, 0.1) is 23.4 Å². The van der Waals surface area contributed by atoms with Crippen molar-refractivity contribution in [3.05, 3.63) is 120 Å². The number of para-hydroxylation sites is 1. The summed E-state index contributed by atoms with van der Waals surface area (Å²) in [5, 5.41) is 8.82. The van der Waals surface area contributed by atoms with Crippen molar-refractivity contribution < 1.29 is 19.4 Å². The number of aliphatic carboxylic acids is 1. The first kappa shape index (κ1) is 23.9. The quantitative estimate of drug-likeness (QED) is 0.415. The van der Waals surface area contributed by atoms with Crippen LogP contribution in [-0.4, -0.2) is 29.4 Å². The highest BCUT2D eigenvalue weighted by Crippen LogP contribution is 2.43. The van der Waals surface area contributed by atoms with Crippen LogP contribution in [0.25, 0.3) is 11.8 Å². The molecule has 2 heterocycles. The first-order chi connectivity index (χ1) is 18.5. The minimum atomic E-state index is -1.04. The highest BCUT2D eigenvalue weighted by Gasteiger charge is 2.33. The molecule has 1 aliphatic heterocycles. The highest BCUT2D eigenvalue weighted by atomic mass is 32.1. The zero-order chi connectivity index (χ0) is 26.2. The molecular weight excluding hydrogens is 500 g/mol. The van der Waals surface area contributed by atoms with Crippen molar-refractivity contribution in [1.82, 2.24) is 4.57 Å². The van der Waals surface area contributed by atoms with Crippen LogP contribution in [0.4, 0.5) is 0 Å². The molecule has 7 nitrogen and oxygen atoms in total. The van der Waals surface area contributed by atoms with Crippen LogP contribution in [0.1, 0.15) is 34.7 Å². The van der Waals surface area contributed by atoms with Crippen LogP contribution < -0.4 is 24.4 Å². The van der Waals surface area contributed by atoms with Crippen LogP contribution in [0.15, 0.2) is 88.2 Å². The molecule has 2 aliphatic rings. The van der Waals surface area contributed by atoms with Crippen molar-refractivity contribution in [2.45, 2.75) is 18.9 Å². The minimum absolute atomic E-state index is 0.110. The number of carboxylic acids is 1. The van der Waals surface area contributed by atoms with Gasteiger partial charge < -0.3 is 14.6 Å². The number of aromatic nitrogens is 1. The molecule has 0 fully saturated rings. The minimum Gasteiger partial charge on any atom is -0.496 e. The van der Waals surface area contributed by atoms with E-state index in [2.05, 4.69) is 18.2 Å². The Morgan fingerprint density at radius 2 is 1.84 bits per heavy atom. The predicted molar refractivity (Wildman–Crippen MR) is 145 cm³/mol. The molecule has 190 valence electrons. The summed E-state index contributed by atoms with van der Waals surface area (Å²) in [6.07, 6.45) is 3.53. The van der Waals surface area contributed by atoms with Gasteiger partial charge in [-0.2, -0.15) is 0 Å². The summed E-state index contributed by atoms with van der Waals surface area (Å²) in [7, 11) is 1.65. The molecule has 0 spiro atoms. The van der Waals surface area contributed by atoms with E-state index in [9.17, 15) is 9.59 Å². The lowest BCUT2D eigenvalue weighted by Gasteiger charge is -2.31. The van der Waals surface area contributed by atoms with E-state index in [1.165, 1.54) is 16.9 Å². The number of nitrogens with zero attached hydrogens (tertiary/aromatic N) is 2. The molecule has 0 saturated heterocycles. The molecule has 4 aromatic rings. The lowest BCUT2D eigenvalue weighted by molar-refractivity contribution is -0.139. The summed E-state index contributed by atoms with van der Waals surface area (Å²) in [6, 6.07) is 22.9. The fourth-order valence-corrected chi connectivity index (χ4v) is 6.15. The van der Waals surface area contributed by atoms with Gasteiger partial charge in [0, 0.05) is 11.1 Å². The topological polar surface area (TPSA) is 90.1 Å². The Labute approximate surface area is 222 Å². The number of rotatable bonds is 6. The van der Waals surface area contributed by atoms with Crippen LogP contribution in [0, 0.1) is 0 Å². The molecule has 1 aliphatic carbocycles. The Balaban J connectivity index is 1.51. The maximum absolute atomic E-state index is 13.9. The van der Waals surface area contributed by atoms with Crippen LogP contribution in [-0.2, 0) is 11.2 Å². The molecule has 1 unspecified atom stereocenters. The van der Waals surface area contributed by atoms with E-state index in [4.69, 9.17) is 19.6 Å². The summed E-state index contributed by atoms with van der Waals surface area (Å²) in [4.78, 5) is 30.3. The van der Waals surface area contributed by atoms with Gasteiger partial charge in [-0.3, -0.25) is 9.36 Å². The number of fused-ring (bicyclic) bond motifs is 3. The number of hydrogen-bond donors (Lipinski definition) is 1. The number of ether oxygens (including phenoxy) is 2. The fraction of sp³-hybridized carbons (Fsp3) is 0.167. The van der Waals surface area contributed by atoms with E-state index in [0.717, 1.165) is 46.6 Å². The van der Waals surface area contributed by atoms with Crippen molar-refractivity contribution >= 4 is 29.1 Å². The van der Waals surface area contributed by atoms with Crippen LogP contribution >= 0.6 is 11.3 Å². The lowest BCUT2D eigenvalue weighted by atomic mass is 9.83. The van der Waals surface area contributed by atoms with Crippen molar-refractivity contribution in [2.75, 3.05) is 13.7 Å². The van der Waals surface area contributed by atoms with Crippen molar-refractivity contribution in [3.8, 4) is 11.5 Å². The standard InChI is InChI=1S/C30H24N2O5S/c1-36-24-9-5-4-8-22(24)28-23-15-12-19-6-2-3-7-21(19)27(23)31-30-32(28)29(35)25(38-30)16-18-10-13-20(14-11-18)37-17-26(33)34/h2-11,13-14,16,28H,12,15,17H2,1H3,(H,33,34)/b25-16-. The van der Waals surface area contributed by atoms with E-state index in [1.807, 2.05) is 36.4 Å². The van der Waals surface area contributed by atoms with Gasteiger partial charge in [-0.1, -0.05) is 65.9 Å². The van der Waals surface area contributed by atoms with Crippen LogP contribution in [0.2, 0.25) is 0 Å². The summed E-state index contributed by atoms with van der Waals surface area (Å²) in [6.45, 7) is -0.408. The number of aryl methyl sites for hydroxylation is 1. The average molecular weight is 525 g/mol. The van der Waals surface area contributed by atoms with Crippen molar-refractivity contribution in [3.63, 3.8) is 0 Å². The zero-order valence-corrected chi connectivity index (χ0v) is 21.4. The summed E-state index contributed by atoms with van der Waals surface area (Å²) < 4.78 is 13.3. The maximum atomic E-state index is 13.9. The molecule has 1 aromatic heterocycles. The van der Waals surface area contributed by atoms with Crippen LogP contribution in [0.3, 0.4) is 0 Å². The molecule has 0 bridgehead atoms. The van der Waals surface area contributed by atoms with Crippen LogP contribution in [0.5, 0.6) is 11.5 Å². The van der Waals surface area contributed by atoms with Gasteiger partial charge in [0.15, 0.2) is 11.4 Å². The molecular formula is C30H24N2O5S. The van der Waals surface area contributed by atoms with E-state index >= 15 is 0 Å². The van der Waals surface area contributed by atoms with Gasteiger partial charge in [-0.15, -0.1) is 0 Å². The number of methoxy groups -OCH3 is 1. The summed E-state index contributed by atoms with van der Waals surface area (Å²) in [5.74, 6) is 0.148. The lowest BCUT2D eigenvalue weighted by Crippen LogP contribution is -2.38. The van der Waals surface area contributed by atoms with E-state index < -0.39 is 12.6 Å². The number of thiazole rings is 1. The van der Waals surface area contributed by atoms with Gasteiger partial charge in [0.2, 0.25) is 0 Å². The molecule has 3 aromatic carbocycles. The highest BCUT2D eigenvalue weighted by molar-refractivity contribution is 7.07. The third kappa shape index (κ3) is 4.22. The summed E-state index contributed by atoms with van der Waals surface area (Å²) in [5.41, 5.74) is 6.07. The third-order valence-corrected chi connectivity index (χ3v) is 7.83. The Morgan fingerprint density at radius 1 is 1.08 bits per heavy atom. The SMILES string of the molecule is COc1ccccc1C1C2=C(N=c3s/c(=C\c4ccc(OCC(=O)O)cc4)c(=O)n31)c1ccccc1CC2. The molecule has 6 rings (SSSR count). The second-order valence-corrected chi connectivity index (χ2v) is 10.1. The average Bonchev–Trinajstić information content (AvgIpc) is 3.25. The zero-order valence-electron chi connectivity index (χ0n) is 20.6. The largest absolute Gasteiger partial charge is 0.496 e. The molecule has 1 atom stereocenters. The van der Waals surface area contributed by atoms with Crippen molar-refractivity contribution in [1.29, 1.82) is 0 Å². The van der Waals surface area contributed by atoms with E-state index in [1.54, 1.807) is 35.9 Å². The van der Waals surface area contributed by atoms with E-state index in [0.29, 0.717) is 15.1 Å². The second-order valence-electron chi connectivity index (χ2n) is 9.11. The molecule has 0 amide bonds. The Kier molecular flexibility index (Phi) is 6.17. The van der Waals surface area contributed by atoms with Gasteiger partial charge in [0.25, 0.3) is 5.56 Å². The van der Waals surface area contributed by atoms with Gasteiger partial charge in [0.1, 0.15) is 11.5 Å². The van der Waals surface area contributed by atoms with E-state index in [-0.39, 0.29) is 11.6 Å². The van der Waals surface area contributed by atoms with Gasteiger partial charge >= 0.3 is 5.97 Å². The second kappa shape index (κ2) is 9.79. The van der Waals surface area contributed by atoms with Gasteiger partial charge in [-0.25, -0.2) is 9.79 Å².